The predicted octanol–water partition coefficient (Wildman–Crippen LogP) is 16.5. The number of fused-ring (bicyclic) bond motifs is 9. The van der Waals surface area contributed by atoms with Crippen LogP contribution in [0.4, 0.5) is 0 Å². The lowest BCUT2D eigenvalue weighted by atomic mass is 9.89. The fraction of sp³-hybridized carbons (Fsp3) is 0. The summed E-state index contributed by atoms with van der Waals surface area (Å²) in [7, 11) is 0. The van der Waals surface area contributed by atoms with Crippen molar-refractivity contribution in [3.8, 4) is 67.5 Å². The summed E-state index contributed by atoms with van der Waals surface area (Å²) in [5, 5.41) is 7.11. The van der Waals surface area contributed by atoms with Gasteiger partial charge in [0, 0.05) is 67.8 Å². The maximum atomic E-state index is 6.66. The van der Waals surface area contributed by atoms with E-state index in [0.717, 1.165) is 55.3 Å². The van der Waals surface area contributed by atoms with Crippen molar-refractivity contribution in [3.63, 3.8) is 0 Å². The second-order valence-corrected chi connectivity index (χ2v) is 18.0. The van der Waals surface area contributed by atoms with E-state index < -0.39 is 0 Å². The molecule has 0 N–H and O–H groups in total. The summed E-state index contributed by atoms with van der Waals surface area (Å²) >= 11 is 3.70. The zero-order chi connectivity index (χ0) is 41.4. The van der Waals surface area contributed by atoms with Crippen LogP contribution in [0.25, 0.3) is 130 Å². The van der Waals surface area contributed by atoms with Crippen LogP contribution in [0, 0.1) is 0 Å². The van der Waals surface area contributed by atoms with Gasteiger partial charge < -0.3 is 4.42 Å². The average Bonchev–Trinajstić information content (AvgIpc) is 4.05. The molecule has 0 saturated heterocycles. The minimum Gasteiger partial charge on any atom is -0.456 e. The maximum Gasteiger partial charge on any atom is 0.164 e. The lowest BCUT2D eigenvalue weighted by Crippen LogP contribution is -2.00. The Morgan fingerprint density at radius 1 is 0.302 bits per heavy atom. The van der Waals surface area contributed by atoms with Crippen molar-refractivity contribution in [2.45, 2.75) is 0 Å². The second kappa shape index (κ2) is 14.4. The molecule has 63 heavy (non-hydrogen) atoms. The van der Waals surface area contributed by atoms with Gasteiger partial charge in [-0.25, -0.2) is 15.0 Å². The van der Waals surface area contributed by atoms with Crippen molar-refractivity contribution >= 4 is 85.0 Å². The van der Waals surface area contributed by atoms with Crippen molar-refractivity contribution in [1.82, 2.24) is 15.0 Å². The van der Waals surface area contributed by atoms with Gasteiger partial charge in [0.1, 0.15) is 11.2 Å². The average molecular weight is 840 g/mol. The zero-order valence-corrected chi connectivity index (χ0v) is 35.3. The molecule has 0 atom stereocenters. The molecule has 0 saturated carbocycles. The van der Waals surface area contributed by atoms with Crippen LogP contribution < -0.4 is 0 Å². The number of aromatic nitrogens is 3. The highest BCUT2D eigenvalue weighted by Crippen LogP contribution is 2.48. The van der Waals surface area contributed by atoms with Crippen LogP contribution >= 0.6 is 22.7 Å². The van der Waals surface area contributed by atoms with Gasteiger partial charge in [-0.3, -0.25) is 0 Å². The quantitative estimate of drug-likeness (QED) is 0.167. The van der Waals surface area contributed by atoms with Gasteiger partial charge in [0.05, 0.1) is 0 Å². The molecule has 13 aromatic rings. The van der Waals surface area contributed by atoms with Gasteiger partial charge in [-0.15, -0.1) is 22.7 Å². The van der Waals surface area contributed by atoms with Gasteiger partial charge in [-0.1, -0.05) is 158 Å². The molecule has 0 aliphatic rings. The van der Waals surface area contributed by atoms with Crippen LogP contribution in [0.2, 0.25) is 0 Å². The summed E-state index contributed by atoms with van der Waals surface area (Å²) in [4.78, 5) is 15.5. The Hall–Kier alpha value is -7.77. The fourth-order valence-electron chi connectivity index (χ4n) is 9.20. The predicted molar refractivity (Wildman–Crippen MR) is 265 cm³/mol. The van der Waals surface area contributed by atoms with E-state index in [9.17, 15) is 0 Å². The van der Waals surface area contributed by atoms with Gasteiger partial charge >= 0.3 is 0 Å². The van der Waals surface area contributed by atoms with Gasteiger partial charge in [-0.2, -0.15) is 0 Å². The molecule has 0 fully saturated rings. The van der Waals surface area contributed by atoms with E-state index in [1.807, 2.05) is 71.2 Å². The summed E-state index contributed by atoms with van der Waals surface area (Å²) in [6.45, 7) is 0. The number of hydrogen-bond acceptors (Lipinski definition) is 6. The Morgan fingerprint density at radius 2 is 0.889 bits per heavy atom. The third-order valence-corrected chi connectivity index (χ3v) is 14.4. The van der Waals surface area contributed by atoms with Crippen LogP contribution in [-0.2, 0) is 0 Å². The summed E-state index contributed by atoms with van der Waals surface area (Å²) in [5.41, 5.74) is 11.4. The highest BCUT2D eigenvalue weighted by atomic mass is 32.1. The fourth-order valence-corrected chi connectivity index (χ4v) is 11.5. The lowest BCUT2D eigenvalue weighted by Gasteiger charge is -2.14. The number of rotatable bonds is 6. The Balaban J connectivity index is 1.02. The number of furan rings is 1. The standard InChI is InChI=1S/C57H33N3OS2/c1-3-12-34(13-4-1)35-22-24-37(25-23-35)56-58-55(36-14-5-2-6-15-36)59-57(60-56)44-18-11-19-47-53(44)45-32-39(27-30-46(45)61-47)52-40(29-31-50-54(52)43-17-8-10-21-49(43)62-50)38-26-28-42-41-16-7-9-20-48(41)63-51(42)33-38/h1-33H. The van der Waals surface area contributed by atoms with Gasteiger partial charge in [0.15, 0.2) is 17.5 Å². The third kappa shape index (κ3) is 5.98. The highest BCUT2D eigenvalue weighted by molar-refractivity contribution is 7.26. The highest BCUT2D eigenvalue weighted by Gasteiger charge is 2.22. The Bertz CT molecular complexity index is 3900. The van der Waals surface area contributed by atoms with Gasteiger partial charge in [0.25, 0.3) is 0 Å². The molecule has 294 valence electrons. The lowest BCUT2D eigenvalue weighted by molar-refractivity contribution is 0.669. The van der Waals surface area contributed by atoms with Crippen molar-refractivity contribution in [3.05, 3.63) is 200 Å². The molecule has 13 rings (SSSR count). The number of thiophene rings is 2. The molecule has 0 spiro atoms. The first-order chi connectivity index (χ1) is 31.2. The van der Waals surface area contributed by atoms with Crippen LogP contribution in [0.15, 0.2) is 205 Å². The van der Waals surface area contributed by atoms with Gasteiger partial charge in [-0.05, 0) is 75.8 Å². The monoisotopic (exact) mass is 839 g/mol. The van der Waals surface area contributed by atoms with Crippen LogP contribution in [0.1, 0.15) is 0 Å². The summed E-state index contributed by atoms with van der Waals surface area (Å²) in [5.74, 6) is 1.82. The van der Waals surface area contributed by atoms with Crippen molar-refractivity contribution in [2.75, 3.05) is 0 Å². The minimum absolute atomic E-state index is 0.591. The van der Waals surface area contributed by atoms with E-state index in [-0.39, 0.29) is 0 Å². The van der Waals surface area contributed by atoms with Crippen LogP contribution in [0.3, 0.4) is 0 Å². The molecular weight excluding hydrogens is 807 g/mol. The molecule has 0 radical (unpaired) electrons. The van der Waals surface area contributed by atoms with E-state index in [1.165, 1.54) is 57.0 Å². The first kappa shape index (κ1) is 35.9. The summed E-state index contributed by atoms with van der Waals surface area (Å²) in [6, 6.07) is 70.9. The van der Waals surface area contributed by atoms with Crippen molar-refractivity contribution < 1.29 is 4.42 Å². The van der Waals surface area contributed by atoms with E-state index in [0.29, 0.717) is 17.5 Å². The van der Waals surface area contributed by atoms with Crippen LogP contribution in [0.5, 0.6) is 0 Å². The topological polar surface area (TPSA) is 51.8 Å². The zero-order valence-electron chi connectivity index (χ0n) is 33.6. The molecular formula is C57H33N3OS2. The molecule has 0 aliphatic carbocycles. The normalized spacial score (nSPS) is 11.8. The molecule has 9 aromatic carbocycles. The van der Waals surface area contributed by atoms with E-state index in [2.05, 4.69) is 152 Å². The SMILES string of the molecule is c1ccc(-c2ccc(-c3nc(-c4ccccc4)nc(-c4cccc5oc6ccc(-c7c(-c8ccc9c(c8)sc8ccccc89)ccc8sc9ccccc9c78)cc6c45)n3)cc2)cc1. The third-order valence-electron chi connectivity index (χ3n) is 12.2. The molecule has 4 heterocycles. The number of hydrogen-bond donors (Lipinski definition) is 0. The first-order valence-corrected chi connectivity index (χ1v) is 22.6. The summed E-state index contributed by atoms with van der Waals surface area (Å²) < 4.78 is 11.8. The molecule has 0 amide bonds. The molecule has 6 heteroatoms. The Morgan fingerprint density at radius 3 is 1.68 bits per heavy atom. The Kier molecular flexibility index (Phi) is 8.22. The number of nitrogens with zero attached hydrogens (tertiary/aromatic N) is 3. The molecule has 0 bridgehead atoms. The minimum atomic E-state index is 0.591. The summed E-state index contributed by atoms with van der Waals surface area (Å²) in [6.07, 6.45) is 0. The number of benzene rings is 9. The van der Waals surface area contributed by atoms with E-state index >= 15 is 0 Å². The van der Waals surface area contributed by atoms with Gasteiger partial charge in [0.2, 0.25) is 0 Å². The molecule has 0 unspecified atom stereocenters. The smallest absolute Gasteiger partial charge is 0.164 e. The Labute approximate surface area is 370 Å². The van der Waals surface area contributed by atoms with Crippen LogP contribution in [-0.4, -0.2) is 15.0 Å². The maximum absolute atomic E-state index is 6.66. The second-order valence-electron chi connectivity index (χ2n) is 15.9. The van der Waals surface area contributed by atoms with E-state index in [4.69, 9.17) is 19.4 Å². The molecule has 4 nitrogen and oxygen atoms in total. The largest absolute Gasteiger partial charge is 0.456 e. The first-order valence-electron chi connectivity index (χ1n) is 21.0. The van der Waals surface area contributed by atoms with Crippen molar-refractivity contribution in [2.24, 2.45) is 0 Å². The molecule has 0 aliphatic heterocycles. The van der Waals surface area contributed by atoms with E-state index in [1.54, 1.807) is 0 Å². The van der Waals surface area contributed by atoms with Crippen molar-refractivity contribution in [1.29, 1.82) is 0 Å². The molecule has 4 aromatic heterocycles.